The van der Waals surface area contributed by atoms with Crippen molar-refractivity contribution in [2.24, 2.45) is 11.8 Å². The highest BCUT2D eigenvalue weighted by Crippen LogP contribution is 2.31. The Kier molecular flexibility index (Phi) is 5.17. The summed E-state index contributed by atoms with van der Waals surface area (Å²) in [7, 11) is 0. The lowest BCUT2D eigenvalue weighted by atomic mass is 9.95. The zero-order valence-electron chi connectivity index (χ0n) is 13.2. The average Bonchev–Trinajstić information content (AvgIpc) is 2.82. The summed E-state index contributed by atoms with van der Waals surface area (Å²) in [5.74, 6) is 1.12. The molecule has 0 aliphatic heterocycles. The largest absolute Gasteiger partial charge is 0.396 e. The van der Waals surface area contributed by atoms with E-state index >= 15 is 0 Å². The van der Waals surface area contributed by atoms with E-state index in [9.17, 15) is 5.11 Å². The highest BCUT2D eigenvalue weighted by atomic mass is 16.3. The molecule has 1 heterocycles. The lowest BCUT2D eigenvalue weighted by Gasteiger charge is -2.23. The van der Waals surface area contributed by atoms with E-state index in [1.807, 2.05) is 6.92 Å². The van der Waals surface area contributed by atoms with E-state index in [1.165, 1.54) is 30.4 Å². The highest BCUT2D eigenvalue weighted by molar-refractivity contribution is 5.33. The van der Waals surface area contributed by atoms with Gasteiger partial charge in [-0.25, -0.2) is 0 Å². The van der Waals surface area contributed by atoms with Crippen LogP contribution in [-0.2, 0) is 0 Å². The number of nitrogens with zero attached hydrogens (tertiary/aromatic N) is 1. The van der Waals surface area contributed by atoms with Crippen LogP contribution in [0, 0.1) is 32.6 Å². The van der Waals surface area contributed by atoms with Crippen molar-refractivity contribution >= 4 is 0 Å². The van der Waals surface area contributed by atoms with Gasteiger partial charge in [0, 0.05) is 24.0 Å². The first-order valence-corrected chi connectivity index (χ1v) is 7.82. The van der Waals surface area contributed by atoms with Crippen LogP contribution in [0.1, 0.15) is 54.7 Å². The third-order valence-corrected chi connectivity index (χ3v) is 4.75. The van der Waals surface area contributed by atoms with Gasteiger partial charge < -0.3 is 10.4 Å². The minimum atomic E-state index is 0.322. The second-order valence-corrected chi connectivity index (χ2v) is 6.34. The SMILES string of the molecule is Cc1cc(C)c(C(C)NCC2CCCC2CO)c(C)n1. The fourth-order valence-corrected chi connectivity index (χ4v) is 3.74. The van der Waals surface area contributed by atoms with Crippen LogP contribution in [0.25, 0.3) is 0 Å². The van der Waals surface area contributed by atoms with Gasteiger partial charge in [0.15, 0.2) is 0 Å². The predicted octanol–water partition coefficient (Wildman–Crippen LogP) is 3.07. The Labute approximate surface area is 122 Å². The summed E-state index contributed by atoms with van der Waals surface area (Å²) < 4.78 is 0. The Morgan fingerprint density at radius 2 is 2.00 bits per heavy atom. The van der Waals surface area contributed by atoms with Crippen molar-refractivity contribution in [1.29, 1.82) is 0 Å². The van der Waals surface area contributed by atoms with Gasteiger partial charge in [-0.15, -0.1) is 0 Å². The number of hydrogen-bond donors (Lipinski definition) is 2. The molecular formula is C17H28N2O. The number of aromatic nitrogens is 1. The molecule has 1 aliphatic rings. The van der Waals surface area contributed by atoms with Crippen molar-refractivity contribution in [1.82, 2.24) is 10.3 Å². The summed E-state index contributed by atoms with van der Waals surface area (Å²) in [4.78, 5) is 4.59. The topological polar surface area (TPSA) is 45.1 Å². The molecule has 0 radical (unpaired) electrons. The van der Waals surface area contributed by atoms with Gasteiger partial charge in [-0.1, -0.05) is 6.42 Å². The van der Waals surface area contributed by atoms with Crippen LogP contribution in [0.4, 0.5) is 0 Å². The Hall–Kier alpha value is -0.930. The number of aliphatic hydroxyl groups is 1. The van der Waals surface area contributed by atoms with Crippen molar-refractivity contribution < 1.29 is 5.11 Å². The van der Waals surface area contributed by atoms with Crippen molar-refractivity contribution in [3.05, 3.63) is 28.6 Å². The van der Waals surface area contributed by atoms with E-state index in [1.54, 1.807) is 0 Å². The maximum atomic E-state index is 9.40. The monoisotopic (exact) mass is 276 g/mol. The maximum absolute atomic E-state index is 9.40. The Morgan fingerprint density at radius 1 is 1.30 bits per heavy atom. The number of nitrogens with one attached hydrogen (secondary N) is 1. The van der Waals surface area contributed by atoms with E-state index in [4.69, 9.17) is 0 Å². The van der Waals surface area contributed by atoms with Crippen LogP contribution in [0.2, 0.25) is 0 Å². The first-order valence-electron chi connectivity index (χ1n) is 7.82. The summed E-state index contributed by atoms with van der Waals surface area (Å²) in [5.41, 5.74) is 4.87. The maximum Gasteiger partial charge on any atom is 0.0462 e. The molecule has 20 heavy (non-hydrogen) atoms. The molecule has 1 aromatic heterocycles. The number of aryl methyl sites for hydroxylation is 3. The summed E-state index contributed by atoms with van der Waals surface area (Å²) >= 11 is 0. The molecule has 0 saturated heterocycles. The van der Waals surface area contributed by atoms with E-state index < -0.39 is 0 Å². The van der Waals surface area contributed by atoms with Gasteiger partial charge >= 0.3 is 0 Å². The van der Waals surface area contributed by atoms with Gasteiger partial charge in [0.05, 0.1) is 0 Å². The van der Waals surface area contributed by atoms with Crippen LogP contribution < -0.4 is 5.32 Å². The molecule has 0 bridgehead atoms. The molecule has 112 valence electrons. The molecule has 1 aliphatic carbocycles. The van der Waals surface area contributed by atoms with Gasteiger partial charge in [0.1, 0.15) is 0 Å². The van der Waals surface area contributed by atoms with E-state index in [2.05, 4.69) is 37.1 Å². The van der Waals surface area contributed by atoms with Crippen molar-refractivity contribution in [2.75, 3.05) is 13.2 Å². The standard InChI is InChI=1S/C17H28N2O/c1-11-8-12(2)19-14(4)17(11)13(3)18-9-15-6-5-7-16(15)10-20/h8,13,15-16,18,20H,5-7,9-10H2,1-4H3. The Morgan fingerprint density at radius 3 is 2.65 bits per heavy atom. The number of aliphatic hydroxyl groups excluding tert-OH is 1. The van der Waals surface area contributed by atoms with Gasteiger partial charge in [-0.2, -0.15) is 0 Å². The molecule has 3 unspecified atom stereocenters. The molecule has 2 N–H and O–H groups in total. The first kappa shape index (κ1) is 15.5. The van der Waals surface area contributed by atoms with Crippen LogP contribution in [0.5, 0.6) is 0 Å². The predicted molar refractivity (Wildman–Crippen MR) is 82.8 cm³/mol. The normalized spacial score (nSPS) is 24.1. The lowest BCUT2D eigenvalue weighted by Crippen LogP contribution is -2.29. The quantitative estimate of drug-likeness (QED) is 0.869. The first-order chi connectivity index (χ1) is 9.52. The number of rotatable bonds is 5. The number of pyridine rings is 1. The zero-order chi connectivity index (χ0) is 14.7. The van der Waals surface area contributed by atoms with Gasteiger partial charge in [-0.3, -0.25) is 4.98 Å². The number of hydrogen-bond acceptors (Lipinski definition) is 3. The average molecular weight is 276 g/mol. The smallest absolute Gasteiger partial charge is 0.0462 e. The minimum absolute atomic E-state index is 0.322. The van der Waals surface area contributed by atoms with E-state index in [-0.39, 0.29) is 0 Å². The molecule has 1 fully saturated rings. The molecule has 1 saturated carbocycles. The summed E-state index contributed by atoms with van der Waals surface area (Å²) in [6, 6.07) is 2.48. The Bertz CT molecular complexity index is 435. The molecule has 0 amide bonds. The molecular weight excluding hydrogens is 248 g/mol. The molecule has 0 aromatic carbocycles. The van der Waals surface area contributed by atoms with Crippen molar-refractivity contribution in [3.63, 3.8) is 0 Å². The second kappa shape index (κ2) is 6.68. The third kappa shape index (κ3) is 3.39. The summed E-state index contributed by atoms with van der Waals surface area (Å²) in [6.45, 7) is 9.87. The van der Waals surface area contributed by atoms with Gasteiger partial charge in [-0.05, 0) is 76.1 Å². The fourth-order valence-electron chi connectivity index (χ4n) is 3.74. The van der Waals surface area contributed by atoms with Crippen LogP contribution in [0.15, 0.2) is 6.07 Å². The van der Waals surface area contributed by atoms with E-state index in [0.29, 0.717) is 24.5 Å². The molecule has 0 spiro atoms. The van der Waals surface area contributed by atoms with Gasteiger partial charge in [0.25, 0.3) is 0 Å². The van der Waals surface area contributed by atoms with Crippen LogP contribution >= 0.6 is 0 Å². The zero-order valence-corrected chi connectivity index (χ0v) is 13.2. The Balaban J connectivity index is 2.00. The molecule has 1 aromatic rings. The summed E-state index contributed by atoms with van der Waals surface area (Å²) in [6.07, 6.45) is 3.69. The molecule has 3 atom stereocenters. The highest BCUT2D eigenvalue weighted by Gasteiger charge is 2.26. The molecule has 3 nitrogen and oxygen atoms in total. The van der Waals surface area contributed by atoms with Crippen LogP contribution in [0.3, 0.4) is 0 Å². The molecule has 2 rings (SSSR count). The fraction of sp³-hybridized carbons (Fsp3) is 0.706. The van der Waals surface area contributed by atoms with Crippen molar-refractivity contribution in [2.45, 2.75) is 53.0 Å². The van der Waals surface area contributed by atoms with Crippen LogP contribution in [-0.4, -0.2) is 23.2 Å². The molecule has 3 heteroatoms. The van der Waals surface area contributed by atoms with Gasteiger partial charge in [0.2, 0.25) is 0 Å². The van der Waals surface area contributed by atoms with Crippen molar-refractivity contribution in [3.8, 4) is 0 Å². The second-order valence-electron chi connectivity index (χ2n) is 6.34. The van der Waals surface area contributed by atoms with E-state index in [0.717, 1.165) is 17.9 Å². The third-order valence-electron chi connectivity index (χ3n) is 4.75. The summed E-state index contributed by atoms with van der Waals surface area (Å²) in [5, 5.41) is 13.1. The minimum Gasteiger partial charge on any atom is -0.396 e. The lowest BCUT2D eigenvalue weighted by molar-refractivity contribution is 0.190.